The summed E-state index contributed by atoms with van der Waals surface area (Å²) in [7, 11) is 1.92. The van der Waals surface area contributed by atoms with E-state index < -0.39 is 0 Å². The molecule has 1 aliphatic rings. The number of nitrogens with one attached hydrogen (secondary N) is 2. The number of nitrogens with zero attached hydrogens (tertiary/aromatic N) is 3. The monoisotopic (exact) mass is 303 g/mol. The molecular formula is C14H17N5O3. The molecule has 3 heterocycles. The molecule has 0 spiro atoms. The summed E-state index contributed by atoms with van der Waals surface area (Å²) in [6.07, 6.45) is 1.58. The van der Waals surface area contributed by atoms with Crippen LogP contribution in [0.15, 0.2) is 24.4 Å². The summed E-state index contributed by atoms with van der Waals surface area (Å²) in [5.41, 5.74) is 2.02. The van der Waals surface area contributed by atoms with Gasteiger partial charge in [0.15, 0.2) is 0 Å². The highest BCUT2D eigenvalue weighted by molar-refractivity contribution is 5.93. The molecule has 0 saturated carbocycles. The number of amides is 2. The molecule has 2 aromatic heterocycles. The average molecular weight is 303 g/mol. The van der Waals surface area contributed by atoms with Crippen LogP contribution in [-0.4, -0.2) is 57.9 Å². The third kappa shape index (κ3) is 2.80. The molecule has 8 nitrogen and oxygen atoms in total. The van der Waals surface area contributed by atoms with E-state index in [9.17, 15) is 9.59 Å². The van der Waals surface area contributed by atoms with Crippen molar-refractivity contribution in [1.29, 1.82) is 0 Å². The van der Waals surface area contributed by atoms with Crippen molar-refractivity contribution in [2.24, 2.45) is 7.05 Å². The van der Waals surface area contributed by atoms with Crippen LogP contribution >= 0.6 is 0 Å². The normalized spacial score (nSPS) is 14.2. The summed E-state index contributed by atoms with van der Waals surface area (Å²) < 4.78 is 6.75. The number of aromatic nitrogens is 3. The number of aryl methyl sites for hydroxylation is 1. The van der Waals surface area contributed by atoms with Gasteiger partial charge in [-0.3, -0.25) is 9.89 Å². The minimum absolute atomic E-state index is 0.250. The second-order valence-corrected chi connectivity index (χ2v) is 5.03. The number of aromatic amines is 1. The third-order valence-electron chi connectivity index (χ3n) is 3.54. The predicted octanol–water partition coefficient (Wildman–Crippen LogP) is 0.597. The second-order valence-electron chi connectivity index (χ2n) is 5.03. The summed E-state index contributed by atoms with van der Waals surface area (Å²) in [5, 5.41) is 9.63. The highest BCUT2D eigenvalue weighted by atomic mass is 16.6. The average Bonchev–Trinajstić information content (AvgIpc) is 3.20. The smallest absolute Gasteiger partial charge is 0.409 e. The molecule has 0 aliphatic carbocycles. The number of hydrogen-bond donors (Lipinski definition) is 2. The van der Waals surface area contributed by atoms with E-state index in [-0.39, 0.29) is 12.0 Å². The summed E-state index contributed by atoms with van der Waals surface area (Å²) in [6, 6.07) is 5.55. The topological polar surface area (TPSA) is 92.2 Å². The van der Waals surface area contributed by atoms with Gasteiger partial charge in [-0.05, 0) is 18.2 Å². The van der Waals surface area contributed by atoms with Gasteiger partial charge in [-0.25, -0.2) is 4.79 Å². The number of carbonyl (C=O) groups excluding carboxylic acids is 2. The van der Waals surface area contributed by atoms with E-state index in [0.717, 1.165) is 5.69 Å². The lowest BCUT2D eigenvalue weighted by molar-refractivity contribution is 0.0944. The van der Waals surface area contributed by atoms with Gasteiger partial charge in [0.2, 0.25) is 0 Å². The number of cyclic esters (lactones) is 1. The zero-order chi connectivity index (χ0) is 15.5. The van der Waals surface area contributed by atoms with Crippen LogP contribution in [0.4, 0.5) is 4.79 Å². The molecule has 1 saturated heterocycles. The summed E-state index contributed by atoms with van der Waals surface area (Å²) in [4.78, 5) is 24.9. The van der Waals surface area contributed by atoms with Crippen LogP contribution in [0, 0.1) is 0 Å². The van der Waals surface area contributed by atoms with Gasteiger partial charge in [-0.1, -0.05) is 0 Å². The molecule has 1 fully saturated rings. The van der Waals surface area contributed by atoms with E-state index in [2.05, 4.69) is 15.5 Å². The Balaban J connectivity index is 1.55. The van der Waals surface area contributed by atoms with Crippen molar-refractivity contribution in [1.82, 2.24) is 25.0 Å². The fourth-order valence-electron chi connectivity index (χ4n) is 2.32. The lowest BCUT2D eigenvalue weighted by Crippen LogP contribution is -2.35. The SMILES string of the molecule is Cn1cccc1-c1cc(C(=O)NCCN2CCOC2=O)[nH]n1. The molecule has 22 heavy (non-hydrogen) atoms. The zero-order valence-electron chi connectivity index (χ0n) is 12.2. The Kier molecular flexibility index (Phi) is 3.82. The minimum Gasteiger partial charge on any atom is -0.448 e. The van der Waals surface area contributed by atoms with Crippen LogP contribution < -0.4 is 5.32 Å². The molecule has 2 amide bonds. The Morgan fingerprint density at radius 1 is 1.55 bits per heavy atom. The van der Waals surface area contributed by atoms with Crippen molar-refractivity contribution >= 4 is 12.0 Å². The molecular weight excluding hydrogens is 286 g/mol. The molecule has 2 N–H and O–H groups in total. The largest absolute Gasteiger partial charge is 0.448 e. The second kappa shape index (κ2) is 5.92. The number of carbonyl (C=O) groups is 2. The van der Waals surface area contributed by atoms with Crippen LogP contribution in [0.2, 0.25) is 0 Å². The van der Waals surface area contributed by atoms with E-state index in [1.54, 1.807) is 11.0 Å². The fraction of sp³-hybridized carbons (Fsp3) is 0.357. The van der Waals surface area contributed by atoms with Crippen molar-refractivity contribution < 1.29 is 14.3 Å². The van der Waals surface area contributed by atoms with Crippen molar-refractivity contribution in [2.45, 2.75) is 0 Å². The molecule has 8 heteroatoms. The molecule has 0 bridgehead atoms. The lowest BCUT2D eigenvalue weighted by atomic mass is 10.3. The van der Waals surface area contributed by atoms with Crippen LogP contribution in [-0.2, 0) is 11.8 Å². The minimum atomic E-state index is -0.332. The van der Waals surface area contributed by atoms with Crippen LogP contribution in [0.5, 0.6) is 0 Å². The lowest BCUT2D eigenvalue weighted by Gasteiger charge is -2.12. The van der Waals surface area contributed by atoms with Crippen molar-refractivity contribution in [3.8, 4) is 11.4 Å². The summed E-state index contributed by atoms with van der Waals surface area (Å²) >= 11 is 0. The number of rotatable bonds is 5. The Bertz CT molecular complexity index is 690. The fourth-order valence-corrected chi connectivity index (χ4v) is 2.32. The van der Waals surface area contributed by atoms with Crippen molar-refractivity contribution in [3.63, 3.8) is 0 Å². The number of H-pyrrole nitrogens is 1. The molecule has 1 aliphatic heterocycles. The maximum absolute atomic E-state index is 12.0. The Hall–Kier alpha value is -2.77. The molecule has 3 rings (SSSR count). The highest BCUT2D eigenvalue weighted by Crippen LogP contribution is 2.17. The Morgan fingerprint density at radius 3 is 3.09 bits per heavy atom. The summed E-state index contributed by atoms with van der Waals surface area (Å²) in [6.45, 7) is 1.78. The van der Waals surface area contributed by atoms with Crippen LogP contribution in [0.3, 0.4) is 0 Å². The van der Waals surface area contributed by atoms with E-state index in [0.29, 0.717) is 37.6 Å². The Labute approximate surface area is 127 Å². The van der Waals surface area contributed by atoms with Crippen LogP contribution in [0.1, 0.15) is 10.5 Å². The molecule has 0 atom stereocenters. The van der Waals surface area contributed by atoms with Crippen molar-refractivity contribution in [3.05, 3.63) is 30.1 Å². The van der Waals surface area contributed by atoms with Gasteiger partial charge in [-0.2, -0.15) is 5.10 Å². The van der Waals surface area contributed by atoms with Gasteiger partial charge < -0.3 is 19.5 Å². The summed E-state index contributed by atoms with van der Waals surface area (Å²) in [5.74, 6) is -0.250. The van der Waals surface area contributed by atoms with Gasteiger partial charge in [0, 0.05) is 26.3 Å². The maximum atomic E-state index is 12.0. The van der Waals surface area contributed by atoms with Gasteiger partial charge >= 0.3 is 6.09 Å². The highest BCUT2D eigenvalue weighted by Gasteiger charge is 2.21. The van der Waals surface area contributed by atoms with Crippen molar-refractivity contribution in [2.75, 3.05) is 26.2 Å². The van der Waals surface area contributed by atoms with E-state index in [4.69, 9.17) is 4.74 Å². The van der Waals surface area contributed by atoms with Gasteiger partial charge in [0.1, 0.15) is 18.0 Å². The number of ether oxygens (including phenoxy) is 1. The van der Waals surface area contributed by atoms with E-state index in [1.165, 1.54) is 0 Å². The number of hydrogen-bond acceptors (Lipinski definition) is 4. The first-order chi connectivity index (χ1) is 10.6. The zero-order valence-corrected chi connectivity index (χ0v) is 12.2. The van der Waals surface area contributed by atoms with E-state index >= 15 is 0 Å². The van der Waals surface area contributed by atoms with E-state index in [1.807, 2.05) is 29.9 Å². The van der Waals surface area contributed by atoms with Gasteiger partial charge in [-0.15, -0.1) is 0 Å². The molecule has 2 aromatic rings. The third-order valence-corrected chi connectivity index (χ3v) is 3.54. The van der Waals surface area contributed by atoms with Gasteiger partial charge in [0.05, 0.1) is 12.2 Å². The van der Waals surface area contributed by atoms with Crippen LogP contribution in [0.25, 0.3) is 11.4 Å². The standard InChI is InChI=1S/C14H17N5O3/c1-18-5-2-3-12(18)10-9-11(17-16-10)13(20)15-4-6-19-7-8-22-14(19)21/h2-3,5,9H,4,6-8H2,1H3,(H,15,20)(H,16,17). The molecule has 116 valence electrons. The first kappa shape index (κ1) is 14.2. The molecule has 0 aromatic carbocycles. The maximum Gasteiger partial charge on any atom is 0.409 e. The molecule has 0 unspecified atom stereocenters. The quantitative estimate of drug-likeness (QED) is 0.846. The predicted molar refractivity (Wildman–Crippen MR) is 78.2 cm³/mol. The van der Waals surface area contributed by atoms with Gasteiger partial charge in [0.25, 0.3) is 5.91 Å². The first-order valence-corrected chi connectivity index (χ1v) is 7.02. The Morgan fingerprint density at radius 2 is 2.41 bits per heavy atom. The molecule has 0 radical (unpaired) electrons. The first-order valence-electron chi connectivity index (χ1n) is 7.02.